The molecule has 2 aromatic heterocycles. The molecule has 140 valence electrons. The van der Waals surface area contributed by atoms with Crippen molar-refractivity contribution in [1.29, 1.82) is 0 Å². The molecule has 0 aliphatic rings. The van der Waals surface area contributed by atoms with Crippen LogP contribution in [0.4, 0.5) is 0 Å². The predicted molar refractivity (Wildman–Crippen MR) is 109 cm³/mol. The van der Waals surface area contributed by atoms with E-state index >= 15 is 0 Å². The average Bonchev–Trinajstić information content (AvgIpc) is 3.16. The molecule has 1 amide bonds. The molecule has 4 aromatic rings. The Balaban J connectivity index is 1.36. The van der Waals surface area contributed by atoms with Crippen molar-refractivity contribution in [3.63, 3.8) is 0 Å². The third-order valence-electron chi connectivity index (χ3n) is 4.59. The van der Waals surface area contributed by atoms with E-state index in [4.69, 9.17) is 4.74 Å². The van der Waals surface area contributed by atoms with Crippen molar-refractivity contribution in [2.24, 2.45) is 0 Å². The second kappa shape index (κ2) is 8.39. The molecule has 5 nitrogen and oxygen atoms in total. The summed E-state index contributed by atoms with van der Waals surface area (Å²) in [6, 6.07) is 19.7. The first-order valence-electron chi connectivity index (χ1n) is 9.24. The first-order chi connectivity index (χ1) is 13.8. The van der Waals surface area contributed by atoms with Gasteiger partial charge in [-0.1, -0.05) is 30.3 Å². The smallest absolute Gasteiger partial charge is 0.252 e. The minimum atomic E-state index is -0.107. The maximum absolute atomic E-state index is 12.1. The number of aromatic nitrogens is 2. The van der Waals surface area contributed by atoms with Gasteiger partial charge in [0.25, 0.3) is 5.91 Å². The maximum atomic E-state index is 12.1. The number of hydrogen-bond donors (Lipinski definition) is 2. The highest BCUT2D eigenvalue weighted by molar-refractivity contribution is 5.93. The van der Waals surface area contributed by atoms with Crippen LogP contribution in [0.1, 0.15) is 21.5 Å². The number of carbonyl (C=O) groups is 1. The van der Waals surface area contributed by atoms with Crippen molar-refractivity contribution in [3.8, 4) is 5.75 Å². The molecule has 0 aliphatic heterocycles. The van der Waals surface area contributed by atoms with E-state index in [0.29, 0.717) is 18.7 Å². The van der Waals surface area contributed by atoms with Crippen molar-refractivity contribution >= 4 is 16.8 Å². The molecule has 0 fully saturated rings. The minimum absolute atomic E-state index is 0.107. The van der Waals surface area contributed by atoms with Crippen LogP contribution >= 0.6 is 0 Å². The van der Waals surface area contributed by atoms with Crippen LogP contribution in [0.5, 0.6) is 5.75 Å². The van der Waals surface area contributed by atoms with Crippen molar-refractivity contribution in [1.82, 2.24) is 15.3 Å². The van der Waals surface area contributed by atoms with Crippen LogP contribution in [-0.2, 0) is 13.0 Å². The van der Waals surface area contributed by atoms with Gasteiger partial charge < -0.3 is 15.0 Å². The van der Waals surface area contributed by atoms with Crippen molar-refractivity contribution in [3.05, 3.63) is 95.9 Å². The van der Waals surface area contributed by atoms with Gasteiger partial charge in [0.05, 0.1) is 5.56 Å². The SMILES string of the molecule is O=C(NCCc1c[nH]c2cc(OCc3ccccc3)ccc12)c1cccnc1. The van der Waals surface area contributed by atoms with E-state index < -0.39 is 0 Å². The molecule has 2 N–H and O–H groups in total. The van der Waals surface area contributed by atoms with Gasteiger partial charge in [-0.3, -0.25) is 9.78 Å². The van der Waals surface area contributed by atoms with Crippen LogP contribution in [0.2, 0.25) is 0 Å². The lowest BCUT2D eigenvalue weighted by Gasteiger charge is -2.07. The molecule has 0 spiro atoms. The van der Waals surface area contributed by atoms with Gasteiger partial charge in [0.15, 0.2) is 0 Å². The minimum Gasteiger partial charge on any atom is -0.489 e. The summed E-state index contributed by atoms with van der Waals surface area (Å²) < 4.78 is 5.89. The number of fused-ring (bicyclic) bond motifs is 1. The molecule has 28 heavy (non-hydrogen) atoms. The van der Waals surface area contributed by atoms with E-state index in [1.807, 2.05) is 48.7 Å². The zero-order valence-corrected chi connectivity index (χ0v) is 15.4. The summed E-state index contributed by atoms with van der Waals surface area (Å²) in [5, 5.41) is 4.08. The van der Waals surface area contributed by atoms with Crippen LogP contribution in [0, 0.1) is 0 Å². The van der Waals surface area contributed by atoms with E-state index in [0.717, 1.165) is 34.2 Å². The van der Waals surface area contributed by atoms with Gasteiger partial charge in [0.2, 0.25) is 0 Å². The Hall–Kier alpha value is -3.60. The molecule has 2 heterocycles. The predicted octanol–water partition coefficient (Wildman–Crippen LogP) is 4.11. The summed E-state index contributed by atoms with van der Waals surface area (Å²) in [7, 11) is 0. The van der Waals surface area contributed by atoms with Gasteiger partial charge in [-0.05, 0) is 41.8 Å². The number of hydrogen-bond acceptors (Lipinski definition) is 3. The van der Waals surface area contributed by atoms with Crippen LogP contribution in [0.15, 0.2) is 79.3 Å². The zero-order valence-electron chi connectivity index (χ0n) is 15.4. The summed E-state index contributed by atoms with van der Waals surface area (Å²) in [5.74, 6) is 0.721. The summed E-state index contributed by atoms with van der Waals surface area (Å²) in [5.41, 5.74) is 3.90. The Labute approximate surface area is 163 Å². The van der Waals surface area contributed by atoms with Crippen LogP contribution < -0.4 is 10.1 Å². The van der Waals surface area contributed by atoms with Crippen molar-refractivity contribution < 1.29 is 9.53 Å². The van der Waals surface area contributed by atoms with Gasteiger partial charge in [-0.25, -0.2) is 0 Å². The normalized spacial score (nSPS) is 10.7. The first kappa shape index (κ1) is 17.8. The third kappa shape index (κ3) is 4.20. The van der Waals surface area contributed by atoms with Gasteiger partial charge >= 0.3 is 0 Å². The van der Waals surface area contributed by atoms with E-state index in [-0.39, 0.29) is 5.91 Å². The molecule has 0 bridgehead atoms. The lowest BCUT2D eigenvalue weighted by atomic mass is 10.1. The van der Waals surface area contributed by atoms with Crippen LogP contribution in [0.25, 0.3) is 10.9 Å². The standard InChI is InChI=1S/C23H21N3O2/c27-23(19-7-4-11-24-14-19)25-12-10-18-15-26-22-13-20(8-9-21(18)22)28-16-17-5-2-1-3-6-17/h1-9,11,13-15,26H,10,12,16H2,(H,25,27). The molecule has 0 aliphatic carbocycles. The summed E-state index contributed by atoms with van der Waals surface area (Å²) in [6.45, 7) is 1.10. The molecule has 0 radical (unpaired) electrons. The molecule has 5 heteroatoms. The Kier molecular flexibility index (Phi) is 5.33. The van der Waals surface area contributed by atoms with Gasteiger partial charge in [-0.2, -0.15) is 0 Å². The van der Waals surface area contributed by atoms with Gasteiger partial charge in [0.1, 0.15) is 12.4 Å². The number of H-pyrrole nitrogens is 1. The summed E-state index contributed by atoms with van der Waals surface area (Å²) in [4.78, 5) is 19.4. The number of rotatable bonds is 7. The Morgan fingerprint density at radius 1 is 1.07 bits per heavy atom. The van der Waals surface area contributed by atoms with Crippen LogP contribution in [0.3, 0.4) is 0 Å². The fourth-order valence-corrected chi connectivity index (χ4v) is 3.11. The number of amides is 1. The molecular weight excluding hydrogens is 350 g/mol. The highest BCUT2D eigenvalue weighted by Gasteiger charge is 2.08. The number of aromatic amines is 1. The zero-order chi connectivity index (χ0) is 19.2. The summed E-state index contributed by atoms with van der Waals surface area (Å²) >= 11 is 0. The van der Waals surface area contributed by atoms with Gasteiger partial charge in [-0.15, -0.1) is 0 Å². The Bertz CT molecular complexity index is 1060. The molecule has 4 rings (SSSR count). The number of benzene rings is 2. The Morgan fingerprint density at radius 2 is 1.96 bits per heavy atom. The highest BCUT2D eigenvalue weighted by Crippen LogP contribution is 2.24. The van der Waals surface area contributed by atoms with Gasteiger partial charge in [0, 0.05) is 42.1 Å². The number of carbonyl (C=O) groups excluding carboxylic acids is 1. The highest BCUT2D eigenvalue weighted by atomic mass is 16.5. The molecule has 0 saturated carbocycles. The largest absolute Gasteiger partial charge is 0.489 e. The second-order valence-corrected chi connectivity index (χ2v) is 6.54. The number of pyridine rings is 1. The van der Waals surface area contributed by atoms with Crippen molar-refractivity contribution in [2.45, 2.75) is 13.0 Å². The maximum Gasteiger partial charge on any atom is 0.252 e. The molecule has 2 aromatic carbocycles. The third-order valence-corrected chi connectivity index (χ3v) is 4.59. The van der Waals surface area contributed by atoms with E-state index in [1.165, 1.54) is 0 Å². The lowest BCUT2D eigenvalue weighted by Crippen LogP contribution is -2.25. The first-order valence-corrected chi connectivity index (χ1v) is 9.24. The number of nitrogens with zero attached hydrogens (tertiary/aromatic N) is 1. The summed E-state index contributed by atoms with van der Waals surface area (Å²) in [6.07, 6.45) is 5.95. The molecule has 0 unspecified atom stereocenters. The van der Waals surface area contributed by atoms with E-state index in [2.05, 4.69) is 21.4 Å². The molecular formula is C23H21N3O2. The average molecular weight is 371 g/mol. The second-order valence-electron chi connectivity index (χ2n) is 6.54. The van der Waals surface area contributed by atoms with E-state index in [1.54, 1.807) is 24.5 Å². The fraction of sp³-hybridized carbons (Fsp3) is 0.130. The topological polar surface area (TPSA) is 67.0 Å². The lowest BCUT2D eigenvalue weighted by molar-refractivity contribution is 0.0954. The monoisotopic (exact) mass is 371 g/mol. The Morgan fingerprint density at radius 3 is 2.79 bits per heavy atom. The number of nitrogens with one attached hydrogen (secondary N) is 2. The fourth-order valence-electron chi connectivity index (χ4n) is 3.11. The van der Waals surface area contributed by atoms with Crippen LogP contribution in [-0.4, -0.2) is 22.4 Å². The van der Waals surface area contributed by atoms with Crippen molar-refractivity contribution in [2.75, 3.05) is 6.54 Å². The molecule has 0 atom stereocenters. The number of ether oxygens (including phenoxy) is 1. The molecule has 0 saturated heterocycles. The van der Waals surface area contributed by atoms with E-state index in [9.17, 15) is 4.79 Å². The quantitative estimate of drug-likeness (QED) is 0.514.